The molecule has 0 spiro atoms. The van der Waals surface area contributed by atoms with Crippen LogP contribution in [0.5, 0.6) is 0 Å². The van der Waals surface area contributed by atoms with Crippen LogP contribution in [0.15, 0.2) is 0 Å². The Kier molecular flexibility index (Phi) is 5.99. The van der Waals surface area contributed by atoms with E-state index >= 15 is 0 Å². The fourth-order valence-electron chi connectivity index (χ4n) is 2.58. The molecule has 0 aromatic heterocycles. The van der Waals surface area contributed by atoms with Crippen LogP contribution in [0.1, 0.15) is 40.5 Å². The van der Waals surface area contributed by atoms with Gasteiger partial charge in [0, 0.05) is 13.1 Å². The summed E-state index contributed by atoms with van der Waals surface area (Å²) in [4.78, 5) is 25.9. The number of carbonyl (C=O) groups excluding carboxylic acids is 2. The Morgan fingerprint density at radius 2 is 2.05 bits per heavy atom. The summed E-state index contributed by atoms with van der Waals surface area (Å²) < 4.78 is 4.81. The molecule has 1 aliphatic rings. The van der Waals surface area contributed by atoms with Gasteiger partial charge >= 0.3 is 5.97 Å². The third-order valence-electron chi connectivity index (χ3n) is 3.77. The third kappa shape index (κ3) is 4.78. The number of rotatable bonds is 4. The fraction of sp³-hybridized carbons (Fsp3) is 0.867. The lowest BCUT2D eigenvalue weighted by molar-refractivity contribution is -0.146. The molecule has 0 unspecified atom stereocenters. The zero-order valence-corrected chi connectivity index (χ0v) is 13.4. The molecule has 0 aliphatic carbocycles. The molecule has 1 N–H and O–H groups in total. The van der Waals surface area contributed by atoms with E-state index in [0.717, 1.165) is 19.5 Å². The van der Waals surface area contributed by atoms with Gasteiger partial charge in [-0.05, 0) is 24.2 Å². The number of nitrogens with zero attached hydrogens (tertiary/aromatic N) is 1. The number of hydrogen-bond donors (Lipinski definition) is 1. The van der Waals surface area contributed by atoms with Crippen LogP contribution in [0.25, 0.3) is 0 Å². The van der Waals surface area contributed by atoms with Crippen molar-refractivity contribution in [2.45, 2.75) is 46.6 Å². The largest absolute Gasteiger partial charge is 0.468 e. The second-order valence-corrected chi connectivity index (χ2v) is 6.79. The molecule has 5 heteroatoms. The van der Waals surface area contributed by atoms with Gasteiger partial charge in [-0.3, -0.25) is 14.9 Å². The molecule has 1 fully saturated rings. The van der Waals surface area contributed by atoms with E-state index in [-0.39, 0.29) is 23.8 Å². The summed E-state index contributed by atoms with van der Waals surface area (Å²) in [5.74, 6) is 0.304. The smallest absolute Gasteiger partial charge is 0.323 e. The summed E-state index contributed by atoms with van der Waals surface area (Å²) in [5.41, 5.74) is -0.289. The number of carbonyl (C=O) groups is 2. The van der Waals surface area contributed by atoms with Crippen molar-refractivity contribution in [3.05, 3.63) is 0 Å². The number of piperidine rings is 1. The van der Waals surface area contributed by atoms with Crippen molar-refractivity contribution in [2.75, 3.05) is 26.7 Å². The van der Waals surface area contributed by atoms with Crippen LogP contribution in [0.4, 0.5) is 0 Å². The Labute approximate surface area is 122 Å². The summed E-state index contributed by atoms with van der Waals surface area (Å²) in [5, 5.41) is 3.06. The number of likely N-dealkylation sites (tertiary alicyclic amines) is 1. The monoisotopic (exact) mass is 284 g/mol. The summed E-state index contributed by atoms with van der Waals surface area (Å²) in [6.07, 6.45) is 2.25. The molecule has 0 bridgehead atoms. The molecule has 1 rings (SSSR count). The molecule has 0 radical (unpaired) electrons. The topological polar surface area (TPSA) is 58.6 Å². The van der Waals surface area contributed by atoms with E-state index in [1.165, 1.54) is 13.5 Å². The lowest BCUT2D eigenvalue weighted by Crippen LogP contribution is -2.51. The molecule has 20 heavy (non-hydrogen) atoms. The van der Waals surface area contributed by atoms with Gasteiger partial charge in [0.25, 0.3) is 0 Å². The normalized spacial score (nSPS) is 21.4. The van der Waals surface area contributed by atoms with Gasteiger partial charge in [-0.15, -0.1) is 0 Å². The number of ether oxygens (including phenoxy) is 1. The minimum absolute atomic E-state index is 0.0645. The van der Waals surface area contributed by atoms with Gasteiger partial charge in [-0.25, -0.2) is 0 Å². The predicted octanol–water partition coefficient (Wildman–Crippen LogP) is 1.42. The maximum atomic E-state index is 12.2. The molecule has 116 valence electrons. The van der Waals surface area contributed by atoms with E-state index < -0.39 is 6.04 Å². The molecule has 1 aliphatic heterocycles. The highest BCUT2D eigenvalue weighted by molar-refractivity contribution is 5.81. The minimum Gasteiger partial charge on any atom is -0.468 e. The van der Waals surface area contributed by atoms with Crippen molar-refractivity contribution in [1.82, 2.24) is 10.2 Å². The molecule has 2 atom stereocenters. The number of nitrogens with one attached hydrogen (secondary N) is 1. The molecule has 0 aromatic carbocycles. The quantitative estimate of drug-likeness (QED) is 0.793. The first-order valence-corrected chi connectivity index (χ1v) is 7.34. The minimum atomic E-state index is -0.473. The van der Waals surface area contributed by atoms with Crippen LogP contribution in [0, 0.1) is 11.3 Å². The van der Waals surface area contributed by atoms with Gasteiger partial charge in [0.2, 0.25) is 5.91 Å². The second-order valence-electron chi connectivity index (χ2n) is 6.79. The summed E-state index contributed by atoms with van der Waals surface area (Å²) in [7, 11) is 1.37. The van der Waals surface area contributed by atoms with Gasteiger partial charge in [0.1, 0.15) is 6.04 Å². The average Bonchev–Trinajstić information content (AvgIpc) is 2.36. The van der Waals surface area contributed by atoms with Gasteiger partial charge in [-0.2, -0.15) is 0 Å². The van der Waals surface area contributed by atoms with Crippen LogP contribution >= 0.6 is 0 Å². The van der Waals surface area contributed by atoms with Crippen LogP contribution in [-0.2, 0) is 14.3 Å². The first-order valence-electron chi connectivity index (χ1n) is 7.34. The van der Waals surface area contributed by atoms with E-state index in [1.807, 2.05) is 25.7 Å². The number of hydrogen-bond acceptors (Lipinski definition) is 4. The summed E-state index contributed by atoms with van der Waals surface area (Å²) in [6.45, 7) is 9.85. The Morgan fingerprint density at radius 3 is 2.55 bits per heavy atom. The van der Waals surface area contributed by atoms with Gasteiger partial charge in [-0.1, -0.05) is 27.7 Å². The van der Waals surface area contributed by atoms with Gasteiger partial charge < -0.3 is 9.64 Å². The molecule has 1 heterocycles. The summed E-state index contributed by atoms with van der Waals surface area (Å²) >= 11 is 0. The number of methoxy groups -OCH3 is 1. The molecule has 5 nitrogen and oxygen atoms in total. The molecular weight excluding hydrogens is 256 g/mol. The first-order chi connectivity index (χ1) is 9.25. The van der Waals surface area contributed by atoms with E-state index in [9.17, 15) is 9.59 Å². The third-order valence-corrected chi connectivity index (χ3v) is 3.77. The molecule has 1 amide bonds. The molecular formula is C15H28N2O3. The SMILES string of the molecule is COC(=O)[C@H](NCC(=O)N1CCC[C@H](C)C1)C(C)(C)C. The van der Waals surface area contributed by atoms with Gasteiger partial charge in [0.15, 0.2) is 0 Å². The number of amides is 1. The lowest BCUT2D eigenvalue weighted by Gasteiger charge is -2.33. The summed E-state index contributed by atoms with van der Waals surface area (Å²) in [6, 6.07) is -0.473. The van der Waals surface area contributed by atoms with Crippen LogP contribution < -0.4 is 5.32 Å². The Bertz CT molecular complexity index is 350. The van der Waals surface area contributed by atoms with E-state index in [1.54, 1.807) is 0 Å². The van der Waals surface area contributed by atoms with Crippen molar-refractivity contribution in [3.8, 4) is 0 Å². The number of esters is 1. The van der Waals surface area contributed by atoms with Crippen LogP contribution in [-0.4, -0.2) is 49.6 Å². The highest BCUT2D eigenvalue weighted by atomic mass is 16.5. The highest BCUT2D eigenvalue weighted by Crippen LogP contribution is 2.20. The van der Waals surface area contributed by atoms with Crippen molar-refractivity contribution < 1.29 is 14.3 Å². The van der Waals surface area contributed by atoms with Crippen LogP contribution in [0.2, 0.25) is 0 Å². The zero-order chi connectivity index (χ0) is 15.3. The van der Waals surface area contributed by atoms with Crippen molar-refractivity contribution in [2.24, 2.45) is 11.3 Å². The van der Waals surface area contributed by atoms with Gasteiger partial charge in [0.05, 0.1) is 13.7 Å². The van der Waals surface area contributed by atoms with Crippen LogP contribution in [0.3, 0.4) is 0 Å². The Balaban J connectivity index is 2.54. The maximum absolute atomic E-state index is 12.2. The maximum Gasteiger partial charge on any atom is 0.323 e. The van der Waals surface area contributed by atoms with Crippen molar-refractivity contribution >= 4 is 11.9 Å². The predicted molar refractivity (Wildman–Crippen MR) is 78.2 cm³/mol. The zero-order valence-electron chi connectivity index (χ0n) is 13.4. The standard InChI is InChI=1S/C15H28N2O3/c1-11-7-6-8-17(10-11)12(18)9-16-13(14(19)20-5)15(2,3)4/h11,13,16H,6-10H2,1-5H3/t11-,13-/m0/s1. The first kappa shape index (κ1) is 17.0. The Hall–Kier alpha value is -1.10. The highest BCUT2D eigenvalue weighted by Gasteiger charge is 2.33. The van der Waals surface area contributed by atoms with E-state index in [0.29, 0.717) is 5.92 Å². The second kappa shape index (κ2) is 7.07. The molecule has 0 saturated carbocycles. The average molecular weight is 284 g/mol. The van der Waals surface area contributed by atoms with Crippen molar-refractivity contribution in [3.63, 3.8) is 0 Å². The molecule has 1 saturated heterocycles. The fourth-order valence-corrected chi connectivity index (χ4v) is 2.58. The van der Waals surface area contributed by atoms with Crippen molar-refractivity contribution in [1.29, 1.82) is 0 Å². The Morgan fingerprint density at radius 1 is 1.40 bits per heavy atom. The van der Waals surface area contributed by atoms with E-state index in [2.05, 4.69) is 12.2 Å². The molecule has 0 aromatic rings. The van der Waals surface area contributed by atoms with E-state index in [4.69, 9.17) is 4.74 Å². The lowest BCUT2D eigenvalue weighted by atomic mass is 9.86.